The molecule has 1 heterocycles. The number of fused-ring (bicyclic) bond motifs is 5. The van der Waals surface area contributed by atoms with E-state index in [2.05, 4.69) is 10.2 Å². The molecule has 8 rings (SSSR count). The van der Waals surface area contributed by atoms with Crippen molar-refractivity contribution >= 4 is 70.4 Å². The second-order valence-electron chi connectivity index (χ2n) is 22.0. The van der Waals surface area contributed by atoms with E-state index in [0.717, 1.165) is 25.1 Å². The number of Topliss-reactive ketones (excluding diaryl/α,β-unsaturated/α-hetero) is 1. The Bertz CT molecular complexity index is 2990. The van der Waals surface area contributed by atoms with Crippen LogP contribution in [0, 0.1) is 16.7 Å². The van der Waals surface area contributed by atoms with Crippen LogP contribution in [-0.2, 0) is 63.6 Å². The molecule has 0 radical (unpaired) electrons. The molecule has 20 heteroatoms. The predicted octanol–water partition coefficient (Wildman–Crippen LogP) is 7.57. The Balaban J connectivity index is 1.17. The Kier molecular flexibility index (Phi) is 19.4. The second-order valence-corrected chi connectivity index (χ2v) is 22.8. The minimum absolute atomic E-state index is 0.000108. The van der Waals surface area contributed by atoms with E-state index in [4.69, 9.17) is 56.4 Å². The quantitative estimate of drug-likeness (QED) is 0.0226. The number of alkyl halides is 2. The van der Waals surface area contributed by atoms with Crippen molar-refractivity contribution in [1.29, 1.82) is 0 Å². The molecular formula is C62H70Cl2N2O16. The summed E-state index contributed by atoms with van der Waals surface area (Å²) in [6.07, 6.45) is -9.61. The third-order valence-electron chi connectivity index (χ3n) is 16.8. The third kappa shape index (κ3) is 12.3. The zero-order valence-electron chi connectivity index (χ0n) is 46.7. The molecule has 2 bridgehead atoms. The Morgan fingerprint density at radius 1 is 0.805 bits per heavy atom. The molecule has 3 aliphatic carbocycles. The first-order valence-corrected chi connectivity index (χ1v) is 28.4. The molecule has 0 aromatic heterocycles. The van der Waals surface area contributed by atoms with E-state index < -0.39 is 125 Å². The summed E-state index contributed by atoms with van der Waals surface area (Å²) in [5.74, 6) is -6.73. The second kappa shape index (κ2) is 25.9. The summed E-state index contributed by atoms with van der Waals surface area (Å²) in [7, 11) is 0. The number of nitrogens with one attached hydrogen (secondary N) is 1. The molecule has 0 spiro atoms. The van der Waals surface area contributed by atoms with E-state index in [0.29, 0.717) is 43.3 Å². The standard InChI is InChI=1S/C62H70Cl2N2O16/c1-37-45(80-58(74)51(70)50(41-18-10-7-11-19-41)65-56(72)42-20-12-8-13-21-42)34-62(75)55(81-57(73)43-22-14-9-15-23-43)53-60(6,54(71)52(79-38(2)67)49(37)59(62,4)5)46(33-47-61(53,35-76-47)82-39(3)68)77-36-78-48(69)24-16-17-40-25-27-44(28-26-40)66(31-29-63)32-30-64/h7-15,18-23,25-28,45-47,50-53,55,70,75H,16-17,24,29-36H2,1-6H3,(H,65,72)/t45-,46-,47+,50-,51+,52+,53-,55-,60+,61-,62+/m0/s1. The number of benzene rings is 4. The Morgan fingerprint density at radius 2 is 1.41 bits per heavy atom. The van der Waals surface area contributed by atoms with Gasteiger partial charge in [0.25, 0.3) is 5.91 Å². The smallest absolute Gasteiger partial charge is 0.338 e. The highest BCUT2D eigenvalue weighted by atomic mass is 35.5. The Labute approximate surface area is 486 Å². The molecule has 18 nitrogen and oxygen atoms in total. The van der Waals surface area contributed by atoms with Gasteiger partial charge in [-0.05, 0) is 85.4 Å². The fourth-order valence-corrected chi connectivity index (χ4v) is 12.9. The lowest BCUT2D eigenvalue weighted by Gasteiger charge is -2.67. The number of ether oxygens (including phenoxy) is 7. The van der Waals surface area contributed by atoms with Crippen molar-refractivity contribution in [3.05, 3.63) is 149 Å². The number of nitrogens with zero attached hydrogens (tertiary/aromatic N) is 1. The van der Waals surface area contributed by atoms with Gasteiger partial charge in [-0.25, -0.2) is 9.59 Å². The van der Waals surface area contributed by atoms with Crippen LogP contribution in [0.4, 0.5) is 5.69 Å². The number of hydrogen-bond donors (Lipinski definition) is 3. The van der Waals surface area contributed by atoms with Crippen LogP contribution in [-0.4, -0.2) is 138 Å². The topological polar surface area (TPSA) is 240 Å². The van der Waals surface area contributed by atoms with Crippen LogP contribution < -0.4 is 10.2 Å². The van der Waals surface area contributed by atoms with Crippen molar-refractivity contribution < 1.29 is 76.9 Å². The van der Waals surface area contributed by atoms with Crippen molar-refractivity contribution in [3.8, 4) is 0 Å². The lowest BCUT2D eigenvalue weighted by Crippen LogP contribution is -2.82. The van der Waals surface area contributed by atoms with Gasteiger partial charge in [0.1, 0.15) is 23.9 Å². The highest BCUT2D eigenvalue weighted by molar-refractivity contribution is 6.18. The number of amides is 1. The van der Waals surface area contributed by atoms with Crippen LogP contribution >= 0.6 is 23.2 Å². The number of carbonyl (C=O) groups excluding carboxylic acids is 7. The number of aryl methyl sites for hydroxylation is 1. The highest BCUT2D eigenvalue weighted by Gasteiger charge is 2.79. The largest absolute Gasteiger partial charge is 0.456 e. The van der Waals surface area contributed by atoms with Crippen molar-refractivity contribution in [2.24, 2.45) is 16.7 Å². The average molecular weight is 1170 g/mol. The number of esters is 5. The van der Waals surface area contributed by atoms with Gasteiger partial charge in [0.2, 0.25) is 0 Å². The zero-order valence-corrected chi connectivity index (χ0v) is 48.2. The number of ketones is 1. The molecule has 4 aliphatic rings. The van der Waals surface area contributed by atoms with Gasteiger partial charge in [0.15, 0.2) is 30.4 Å². The highest BCUT2D eigenvalue weighted by Crippen LogP contribution is 2.65. The van der Waals surface area contributed by atoms with E-state index in [9.17, 15) is 39.0 Å². The number of rotatable bonds is 22. The Hall–Kier alpha value is -6.67. The van der Waals surface area contributed by atoms with E-state index >= 15 is 4.79 Å². The summed E-state index contributed by atoms with van der Waals surface area (Å²) in [6, 6.07) is 30.8. The number of aliphatic hydroxyl groups is 2. The fourth-order valence-electron chi connectivity index (χ4n) is 12.5. The maximum absolute atomic E-state index is 16.3. The molecule has 0 unspecified atom stereocenters. The molecule has 1 aliphatic heterocycles. The number of aliphatic hydroxyl groups excluding tert-OH is 1. The zero-order chi connectivity index (χ0) is 59.1. The molecule has 11 atom stereocenters. The summed E-state index contributed by atoms with van der Waals surface area (Å²) in [4.78, 5) is 102. The summed E-state index contributed by atoms with van der Waals surface area (Å²) in [5.41, 5.74) is -5.43. The molecule has 1 saturated heterocycles. The lowest BCUT2D eigenvalue weighted by atomic mass is 9.44. The fraction of sp³-hybridized carbons (Fsp3) is 0.468. The summed E-state index contributed by atoms with van der Waals surface area (Å²) in [5, 5.41) is 28.9. The predicted molar refractivity (Wildman–Crippen MR) is 301 cm³/mol. The number of halogens is 2. The van der Waals surface area contributed by atoms with Crippen molar-refractivity contribution in [2.45, 2.75) is 128 Å². The van der Waals surface area contributed by atoms with Gasteiger partial charge in [0, 0.05) is 74.6 Å². The third-order valence-corrected chi connectivity index (χ3v) is 17.1. The molecular weight excluding hydrogens is 1100 g/mol. The van der Waals surface area contributed by atoms with Gasteiger partial charge in [-0.2, -0.15) is 0 Å². The van der Waals surface area contributed by atoms with E-state index in [1.807, 2.05) is 24.3 Å². The first kappa shape index (κ1) is 61.4. The molecule has 4 aromatic rings. The molecule has 2 saturated carbocycles. The van der Waals surface area contributed by atoms with Gasteiger partial charge in [-0.1, -0.05) is 92.7 Å². The first-order valence-electron chi connectivity index (χ1n) is 27.4. The first-order chi connectivity index (χ1) is 39.1. The summed E-state index contributed by atoms with van der Waals surface area (Å²) < 4.78 is 43.5. The van der Waals surface area contributed by atoms with Gasteiger partial charge in [0.05, 0.1) is 35.6 Å². The average Bonchev–Trinajstić information content (AvgIpc) is 0.788. The van der Waals surface area contributed by atoms with Crippen molar-refractivity contribution in [3.63, 3.8) is 0 Å². The van der Waals surface area contributed by atoms with Crippen LogP contribution in [0.25, 0.3) is 0 Å². The number of anilines is 1. The van der Waals surface area contributed by atoms with Crippen molar-refractivity contribution in [2.75, 3.05) is 43.1 Å². The van der Waals surface area contributed by atoms with E-state index in [1.54, 1.807) is 92.7 Å². The van der Waals surface area contributed by atoms with E-state index in [-0.39, 0.29) is 41.7 Å². The van der Waals surface area contributed by atoms with Crippen LogP contribution in [0.1, 0.15) is 105 Å². The molecule has 3 N–H and O–H groups in total. The number of hydrogen-bond acceptors (Lipinski definition) is 17. The minimum Gasteiger partial charge on any atom is -0.456 e. The molecule has 1 amide bonds. The van der Waals surface area contributed by atoms with Crippen LogP contribution in [0.5, 0.6) is 0 Å². The monoisotopic (exact) mass is 1170 g/mol. The maximum atomic E-state index is 16.3. The van der Waals surface area contributed by atoms with E-state index in [1.165, 1.54) is 26.0 Å². The lowest BCUT2D eigenvalue weighted by molar-refractivity contribution is -0.351. The van der Waals surface area contributed by atoms with Crippen LogP contribution in [0.3, 0.4) is 0 Å². The molecule has 3 fully saturated rings. The Morgan fingerprint density at radius 3 is 1.99 bits per heavy atom. The SMILES string of the molecule is CC(=O)O[C@H]1C(=O)[C@]2(C)[C@@H](OCOC(=O)CCCc3ccc(N(CCCl)CCCl)cc3)C[C@H]3OC[C@@]3(OC(C)=O)[C@H]2[C@H](OC(=O)c2ccccc2)[C@]2(O)C[C@H](OC(=O)[C@H](O)[C@@H](NC(=O)c3ccccc3)c3ccccc3)C(C)=C1C2(C)C. The molecule has 4 aromatic carbocycles. The summed E-state index contributed by atoms with van der Waals surface area (Å²) >= 11 is 12.0. The number of carbonyl (C=O) groups is 7. The molecule has 82 heavy (non-hydrogen) atoms. The summed E-state index contributed by atoms with van der Waals surface area (Å²) in [6.45, 7) is 8.62. The van der Waals surface area contributed by atoms with Gasteiger partial charge >= 0.3 is 29.8 Å². The van der Waals surface area contributed by atoms with Gasteiger partial charge < -0.3 is 53.6 Å². The molecule has 438 valence electrons. The van der Waals surface area contributed by atoms with Gasteiger partial charge in [-0.3, -0.25) is 24.0 Å². The van der Waals surface area contributed by atoms with Crippen molar-refractivity contribution in [1.82, 2.24) is 5.32 Å². The minimum atomic E-state index is -2.47. The van der Waals surface area contributed by atoms with Crippen LogP contribution in [0.2, 0.25) is 0 Å². The van der Waals surface area contributed by atoms with Gasteiger partial charge in [-0.15, -0.1) is 23.2 Å². The van der Waals surface area contributed by atoms with Crippen LogP contribution in [0.15, 0.2) is 126 Å². The maximum Gasteiger partial charge on any atom is 0.338 e. The normalized spacial score (nSPS) is 26.8.